The van der Waals surface area contributed by atoms with Gasteiger partial charge < -0.3 is 10.3 Å². The molecule has 0 atom stereocenters. The fourth-order valence-corrected chi connectivity index (χ4v) is 4.66. The molecule has 1 amide bonds. The summed E-state index contributed by atoms with van der Waals surface area (Å²) in [5.41, 5.74) is 3.99. The number of carbonyl (C=O) groups excluding carboxylic acids is 1. The van der Waals surface area contributed by atoms with Crippen LogP contribution < -0.4 is 5.32 Å². The number of aromatic amines is 2. The highest BCUT2D eigenvalue weighted by atomic mass is 19.1. The Morgan fingerprint density at radius 1 is 1.18 bits per heavy atom. The van der Waals surface area contributed by atoms with Gasteiger partial charge in [0.2, 0.25) is 5.91 Å². The van der Waals surface area contributed by atoms with Crippen LogP contribution in [0.15, 0.2) is 49.4 Å². The van der Waals surface area contributed by atoms with Gasteiger partial charge in [-0.15, -0.1) is 0 Å². The number of anilines is 1. The first-order valence-corrected chi connectivity index (χ1v) is 12.2. The van der Waals surface area contributed by atoms with Crippen molar-refractivity contribution in [2.45, 2.75) is 26.2 Å². The lowest BCUT2D eigenvalue weighted by Gasteiger charge is -2.24. The topological polar surface area (TPSA) is 143 Å². The van der Waals surface area contributed by atoms with Crippen molar-refractivity contribution in [3.8, 4) is 28.5 Å². The lowest BCUT2D eigenvalue weighted by Crippen LogP contribution is -2.28. The van der Waals surface area contributed by atoms with E-state index in [1.807, 2.05) is 13.1 Å². The van der Waals surface area contributed by atoms with Crippen molar-refractivity contribution < 1.29 is 9.18 Å². The monoisotopic (exact) mass is 508 g/mol. The number of aromatic nitrogens is 9. The smallest absolute Gasteiger partial charge is 0.227 e. The predicted octanol–water partition coefficient (Wildman–Crippen LogP) is 4.33. The van der Waals surface area contributed by atoms with Gasteiger partial charge in [0.05, 0.1) is 28.5 Å². The lowest BCUT2D eigenvalue weighted by molar-refractivity contribution is -0.122. The van der Waals surface area contributed by atoms with Crippen molar-refractivity contribution in [3.05, 3.63) is 61.0 Å². The van der Waals surface area contributed by atoms with Gasteiger partial charge in [-0.05, 0) is 31.9 Å². The first-order chi connectivity index (χ1) is 18.5. The van der Waals surface area contributed by atoms with E-state index in [1.165, 1.54) is 12.4 Å². The number of rotatable bonds is 5. The maximum Gasteiger partial charge on any atom is 0.227 e. The Morgan fingerprint density at radius 2 is 2.08 bits per heavy atom. The molecule has 0 saturated heterocycles. The molecule has 188 valence electrons. The molecular weight excluding hydrogens is 487 g/mol. The second-order valence-corrected chi connectivity index (χ2v) is 9.40. The third-order valence-corrected chi connectivity index (χ3v) is 6.89. The van der Waals surface area contributed by atoms with E-state index in [2.05, 4.69) is 40.4 Å². The zero-order chi connectivity index (χ0) is 25.8. The van der Waals surface area contributed by atoms with Crippen LogP contribution in [-0.2, 0) is 4.79 Å². The number of nitrogens with one attached hydrogen (secondary N) is 3. The summed E-state index contributed by atoms with van der Waals surface area (Å²) >= 11 is 0. The Morgan fingerprint density at radius 3 is 2.87 bits per heavy atom. The van der Waals surface area contributed by atoms with E-state index >= 15 is 4.39 Å². The highest BCUT2D eigenvalue weighted by Gasteiger charge is 2.26. The zero-order valence-corrected chi connectivity index (χ0v) is 20.2. The minimum absolute atomic E-state index is 0.0271. The second-order valence-electron chi connectivity index (χ2n) is 9.40. The average molecular weight is 509 g/mol. The summed E-state index contributed by atoms with van der Waals surface area (Å²) in [6, 6.07) is 3.49. The van der Waals surface area contributed by atoms with Crippen LogP contribution in [0.1, 0.15) is 25.0 Å². The summed E-state index contributed by atoms with van der Waals surface area (Å²) in [4.78, 5) is 37.6. The molecule has 38 heavy (non-hydrogen) atoms. The fourth-order valence-electron chi connectivity index (χ4n) is 4.66. The van der Waals surface area contributed by atoms with E-state index in [0.29, 0.717) is 34.1 Å². The summed E-state index contributed by atoms with van der Waals surface area (Å²) < 4.78 is 17.8. The van der Waals surface area contributed by atoms with E-state index in [1.54, 1.807) is 35.4 Å². The van der Waals surface area contributed by atoms with E-state index in [-0.39, 0.29) is 28.4 Å². The van der Waals surface area contributed by atoms with Gasteiger partial charge in [0.1, 0.15) is 23.4 Å². The SMILES string of the molecule is Cc1cn(-c2nccc3[nH]c(-c4[nH]nc5ncc(-c6cncc(NC(=O)C7CCC7)c6)c(F)c45)nc23)cn1. The molecule has 6 aromatic rings. The van der Waals surface area contributed by atoms with Gasteiger partial charge in [-0.3, -0.25) is 19.4 Å². The Balaban J connectivity index is 1.30. The van der Waals surface area contributed by atoms with Gasteiger partial charge in [0.15, 0.2) is 17.3 Å². The highest BCUT2D eigenvalue weighted by molar-refractivity contribution is 5.96. The summed E-state index contributed by atoms with van der Waals surface area (Å²) in [7, 11) is 0. The van der Waals surface area contributed by atoms with Crippen LogP contribution >= 0.6 is 0 Å². The van der Waals surface area contributed by atoms with Crippen LogP contribution in [0.4, 0.5) is 10.1 Å². The number of fused-ring (bicyclic) bond motifs is 2. The molecule has 6 aromatic heterocycles. The van der Waals surface area contributed by atoms with E-state index in [0.717, 1.165) is 30.5 Å². The number of hydrogen-bond acceptors (Lipinski definition) is 7. The molecule has 12 heteroatoms. The third kappa shape index (κ3) is 3.60. The Labute approximate surface area is 214 Å². The van der Waals surface area contributed by atoms with Crippen molar-refractivity contribution >= 4 is 33.7 Å². The van der Waals surface area contributed by atoms with Crippen LogP contribution in [0.25, 0.3) is 50.5 Å². The van der Waals surface area contributed by atoms with Gasteiger partial charge in [-0.1, -0.05) is 6.42 Å². The standard InChI is InChI=1S/C26H21FN10O/c1-13-11-37(12-31-13)25-21-18(5-6-29-25)33-24(34-21)22-19-20(27)17(10-30-23(19)36-35-22)15-7-16(9-28-8-15)32-26(38)14-3-2-4-14/h5-12,14H,2-4H2,1H3,(H,32,38)(H,33,34)(H,30,35,36). The number of pyridine rings is 3. The maximum absolute atomic E-state index is 16.0. The molecular formula is C26H21FN10O. The number of imidazole rings is 2. The van der Waals surface area contributed by atoms with Crippen molar-refractivity contribution in [3.63, 3.8) is 0 Å². The number of carbonyl (C=O) groups is 1. The maximum atomic E-state index is 16.0. The van der Waals surface area contributed by atoms with E-state index in [4.69, 9.17) is 4.98 Å². The third-order valence-electron chi connectivity index (χ3n) is 6.89. The summed E-state index contributed by atoms with van der Waals surface area (Å²) in [6.45, 7) is 1.89. The number of aryl methyl sites for hydroxylation is 1. The molecule has 0 aromatic carbocycles. The van der Waals surface area contributed by atoms with Crippen molar-refractivity contribution in [2.75, 3.05) is 5.32 Å². The molecule has 0 spiro atoms. The number of amides is 1. The van der Waals surface area contributed by atoms with Crippen LogP contribution in [-0.4, -0.2) is 50.6 Å². The van der Waals surface area contributed by atoms with Crippen LogP contribution in [0.5, 0.6) is 0 Å². The largest absolute Gasteiger partial charge is 0.336 e. The predicted molar refractivity (Wildman–Crippen MR) is 138 cm³/mol. The van der Waals surface area contributed by atoms with Crippen LogP contribution in [0.2, 0.25) is 0 Å². The molecule has 0 unspecified atom stereocenters. The first-order valence-electron chi connectivity index (χ1n) is 12.2. The molecule has 1 aliphatic rings. The minimum atomic E-state index is -0.521. The normalized spacial score (nSPS) is 13.7. The number of nitrogens with zero attached hydrogens (tertiary/aromatic N) is 7. The van der Waals surface area contributed by atoms with Gasteiger partial charge in [0.25, 0.3) is 0 Å². The average Bonchev–Trinajstić information content (AvgIpc) is 3.61. The lowest BCUT2D eigenvalue weighted by atomic mass is 9.85. The summed E-state index contributed by atoms with van der Waals surface area (Å²) in [5.74, 6) is 0.462. The molecule has 6 heterocycles. The zero-order valence-electron chi connectivity index (χ0n) is 20.2. The fraction of sp³-hybridized carbons (Fsp3) is 0.192. The molecule has 7 rings (SSSR count). The Bertz CT molecular complexity index is 1850. The molecule has 1 saturated carbocycles. The van der Waals surface area contributed by atoms with Crippen molar-refractivity contribution in [1.29, 1.82) is 0 Å². The van der Waals surface area contributed by atoms with E-state index in [9.17, 15) is 4.79 Å². The molecule has 0 radical (unpaired) electrons. The van der Waals surface area contributed by atoms with Crippen LogP contribution in [0, 0.1) is 18.7 Å². The second kappa shape index (κ2) is 8.54. The molecule has 1 aliphatic carbocycles. The van der Waals surface area contributed by atoms with Crippen molar-refractivity contribution in [2.24, 2.45) is 5.92 Å². The summed E-state index contributed by atoms with van der Waals surface area (Å²) in [5, 5.41) is 10.2. The molecule has 3 N–H and O–H groups in total. The van der Waals surface area contributed by atoms with E-state index < -0.39 is 5.82 Å². The number of halogens is 1. The molecule has 0 bridgehead atoms. The molecule has 0 aliphatic heterocycles. The van der Waals surface area contributed by atoms with Gasteiger partial charge in [-0.25, -0.2) is 24.3 Å². The Hall–Kier alpha value is -5.00. The highest BCUT2D eigenvalue weighted by Crippen LogP contribution is 2.34. The summed E-state index contributed by atoms with van der Waals surface area (Å²) in [6.07, 6.45) is 12.5. The van der Waals surface area contributed by atoms with Crippen molar-refractivity contribution in [1.82, 2.24) is 44.7 Å². The first kappa shape index (κ1) is 22.2. The van der Waals surface area contributed by atoms with Gasteiger partial charge in [-0.2, -0.15) is 5.10 Å². The molecule has 11 nitrogen and oxygen atoms in total. The Kier molecular flexibility index (Phi) is 4.99. The van der Waals surface area contributed by atoms with Gasteiger partial charge >= 0.3 is 0 Å². The van der Waals surface area contributed by atoms with Gasteiger partial charge in [0, 0.05) is 41.8 Å². The quantitative estimate of drug-likeness (QED) is 0.314. The molecule has 1 fully saturated rings. The van der Waals surface area contributed by atoms with Crippen LogP contribution in [0.3, 0.4) is 0 Å². The minimum Gasteiger partial charge on any atom is -0.336 e. The number of hydrogen-bond donors (Lipinski definition) is 3. The number of H-pyrrole nitrogens is 2.